The lowest BCUT2D eigenvalue weighted by Crippen LogP contribution is -1.99. The fraction of sp³-hybridized carbons (Fsp3) is 0.250. The summed E-state index contributed by atoms with van der Waals surface area (Å²) in [6.45, 7) is -1.78. The molecule has 0 amide bonds. The van der Waals surface area contributed by atoms with Crippen molar-refractivity contribution >= 4 is 14.1 Å². The molecule has 7 nitrogen and oxygen atoms in total. The van der Waals surface area contributed by atoms with Gasteiger partial charge in [-0.2, -0.15) is 0 Å². The van der Waals surface area contributed by atoms with E-state index in [9.17, 15) is 14.5 Å². The average Bonchev–Trinajstić information content (AvgIpc) is 2.17. The van der Waals surface area contributed by atoms with E-state index in [-0.39, 0.29) is 5.69 Å². The third-order valence-electron chi connectivity index (χ3n) is 1.61. The largest absolute Gasteiger partial charge is 0.505 e. The maximum Gasteiger partial charge on any atom is 0.469 e. The third kappa shape index (κ3) is 3.11. The number of phosphoric ester groups is 1. The molecule has 0 aliphatic rings. The van der Waals surface area contributed by atoms with Gasteiger partial charge < -0.3 is 14.9 Å². The van der Waals surface area contributed by atoms with Crippen molar-refractivity contribution in [3.8, 4) is 5.75 Å². The molecule has 0 aliphatic heterocycles. The first-order chi connectivity index (χ1) is 8.46. The summed E-state index contributed by atoms with van der Waals surface area (Å²) in [5.41, 5.74) is -1.53. The van der Waals surface area contributed by atoms with Crippen molar-refractivity contribution in [1.82, 2.24) is 4.98 Å². The summed E-state index contributed by atoms with van der Waals surface area (Å²) in [6, 6.07) is 0. The number of carbonyl (C=O) groups is 1. The Labute approximate surface area is 95.2 Å². The van der Waals surface area contributed by atoms with Gasteiger partial charge in [0.1, 0.15) is 7.12 Å². The molecule has 0 aliphatic carbocycles. The summed E-state index contributed by atoms with van der Waals surface area (Å²) in [4.78, 5) is 31.9. The van der Waals surface area contributed by atoms with Crippen LogP contribution >= 0.6 is 7.82 Å². The highest BCUT2D eigenvalue weighted by atomic mass is 31.2. The predicted molar refractivity (Wildman–Crippen MR) is 52.9 cm³/mol. The zero-order chi connectivity index (χ0) is 15.0. The van der Waals surface area contributed by atoms with Gasteiger partial charge in [-0.15, -0.1) is 0 Å². The lowest BCUT2D eigenvalue weighted by atomic mass is 10.1. The Hall–Kier alpha value is -1.27. The van der Waals surface area contributed by atoms with Crippen LogP contribution in [0.3, 0.4) is 0 Å². The smallest absolute Gasteiger partial charge is 0.469 e. The number of aromatic nitrogens is 1. The van der Waals surface area contributed by atoms with Crippen LogP contribution in [0.5, 0.6) is 5.75 Å². The molecule has 1 rings (SSSR count). The van der Waals surface area contributed by atoms with Crippen molar-refractivity contribution in [2.75, 3.05) is 0 Å². The third-order valence-corrected chi connectivity index (χ3v) is 1.94. The van der Waals surface area contributed by atoms with Crippen LogP contribution in [-0.4, -0.2) is 26.1 Å². The summed E-state index contributed by atoms with van der Waals surface area (Å²) < 4.78 is 36.3. The summed E-state index contributed by atoms with van der Waals surface area (Å²) in [6.07, 6.45) is -0.664. The summed E-state index contributed by atoms with van der Waals surface area (Å²) >= 11 is 0. The molecule has 8 heteroatoms. The Balaban J connectivity index is 3.46. The van der Waals surface area contributed by atoms with Crippen LogP contribution < -0.4 is 0 Å². The highest BCUT2D eigenvalue weighted by Crippen LogP contribution is 2.37. The highest BCUT2D eigenvalue weighted by molar-refractivity contribution is 7.46. The number of aromatic hydroxyl groups is 1. The van der Waals surface area contributed by atoms with Gasteiger partial charge in [0.15, 0.2) is 6.26 Å². The van der Waals surface area contributed by atoms with Crippen molar-refractivity contribution in [3.63, 3.8) is 0 Å². The first-order valence-electron chi connectivity index (χ1n) is 5.42. The Morgan fingerprint density at radius 3 is 2.88 bits per heavy atom. The average molecular weight is 250 g/mol. The van der Waals surface area contributed by atoms with Crippen molar-refractivity contribution in [2.24, 2.45) is 0 Å². The monoisotopic (exact) mass is 250 g/mol. The molecule has 88 valence electrons. The lowest BCUT2D eigenvalue weighted by Gasteiger charge is -2.09. The fourth-order valence-electron chi connectivity index (χ4n) is 0.885. The number of phosphoric acid groups is 1. The molecule has 0 bridgehead atoms. The molecule has 0 spiro atoms. The van der Waals surface area contributed by atoms with E-state index in [1.807, 2.05) is 0 Å². The number of aldehydes is 1. The van der Waals surface area contributed by atoms with Crippen LogP contribution in [0.2, 0.25) is 0 Å². The van der Waals surface area contributed by atoms with Crippen molar-refractivity contribution in [2.45, 2.75) is 13.5 Å². The number of hydrogen-bond acceptors (Lipinski definition) is 5. The molecule has 1 aromatic heterocycles. The lowest BCUT2D eigenvalue weighted by molar-refractivity contribution is 0.111. The van der Waals surface area contributed by atoms with E-state index in [2.05, 4.69) is 9.51 Å². The Morgan fingerprint density at radius 1 is 1.75 bits per heavy atom. The number of rotatable bonds is 4. The summed E-state index contributed by atoms with van der Waals surface area (Å²) in [5.74, 6) is -0.740. The van der Waals surface area contributed by atoms with Crippen LogP contribution in [0, 0.1) is 6.92 Å². The van der Waals surface area contributed by atoms with Gasteiger partial charge in [-0.05, 0) is 6.92 Å². The van der Waals surface area contributed by atoms with Crippen molar-refractivity contribution in [1.29, 1.82) is 0 Å². The number of pyridine rings is 1. The molecule has 3 N–H and O–H groups in total. The molecule has 0 aromatic carbocycles. The maximum absolute atomic E-state index is 11.1. The quantitative estimate of drug-likeness (QED) is 0.526. The van der Waals surface area contributed by atoms with Crippen LogP contribution in [0.1, 0.15) is 25.7 Å². The Morgan fingerprint density at radius 2 is 2.38 bits per heavy atom. The van der Waals surface area contributed by atoms with E-state index in [1.165, 1.54) is 6.92 Å². The Bertz CT molecular complexity index is 572. The maximum atomic E-state index is 11.1. The second kappa shape index (κ2) is 4.71. The molecule has 0 fully saturated rings. The summed E-state index contributed by atoms with van der Waals surface area (Å²) in [7, 11) is -5.19. The zero-order valence-electron chi connectivity index (χ0n) is 11.0. The number of nitrogens with zero attached hydrogens (tertiary/aromatic N) is 1. The van der Waals surface area contributed by atoms with E-state index in [0.29, 0.717) is 0 Å². The molecule has 0 saturated carbocycles. The highest BCUT2D eigenvalue weighted by Gasteiger charge is 2.17. The van der Waals surface area contributed by atoms with E-state index >= 15 is 0 Å². The number of carbonyl (C=O) groups excluding carboxylic acids is 1. The molecule has 0 radical (unpaired) electrons. The van der Waals surface area contributed by atoms with E-state index < -0.39 is 37.5 Å². The molecule has 0 saturated heterocycles. The van der Waals surface area contributed by atoms with Gasteiger partial charge in [0.2, 0.25) is 0 Å². The minimum Gasteiger partial charge on any atom is -0.505 e. The van der Waals surface area contributed by atoms with Gasteiger partial charge in [-0.1, -0.05) is 0 Å². The minimum absolute atomic E-state index is 0.0358. The van der Waals surface area contributed by atoms with E-state index in [4.69, 9.17) is 13.9 Å². The molecule has 16 heavy (non-hydrogen) atoms. The predicted octanol–water partition coefficient (Wildman–Crippen LogP) is 0.517. The van der Waals surface area contributed by atoms with Crippen LogP contribution in [0.15, 0.2) is 6.20 Å². The molecular weight excluding hydrogens is 237 g/mol. The summed E-state index contributed by atoms with van der Waals surface area (Å²) in [5, 5.41) is 9.59. The topological polar surface area (TPSA) is 117 Å². The molecule has 0 unspecified atom stereocenters. The SMILES string of the molecule is [2H]C(=O)c1c(C([2H])([2H])OP(=O)(O)O)cnc(C)c1O. The van der Waals surface area contributed by atoms with E-state index in [0.717, 1.165) is 6.20 Å². The first kappa shape index (κ1) is 8.83. The van der Waals surface area contributed by atoms with Gasteiger partial charge in [0.25, 0.3) is 0 Å². The second-order valence-electron chi connectivity index (χ2n) is 2.77. The normalized spacial score (nSPS) is 15.1. The molecule has 1 heterocycles. The number of hydrogen-bond donors (Lipinski definition) is 3. The van der Waals surface area contributed by atoms with Gasteiger partial charge in [-0.25, -0.2) is 4.57 Å². The van der Waals surface area contributed by atoms with Crippen LogP contribution in [-0.2, 0) is 15.6 Å². The van der Waals surface area contributed by atoms with Gasteiger partial charge in [0.05, 0.1) is 20.6 Å². The molecular formula is C8H10NO6P. The van der Waals surface area contributed by atoms with Crippen molar-refractivity contribution < 1.29 is 32.9 Å². The second-order valence-corrected chi connectivity index (χ2v) is 3.93. The zero-order valence-corrected chi connectivity index (χ0v) is 8.93. The standard InChI is InChI=1S/C8H10NO6P/c1-5-8(11)7(3-10)6(2-9-5)4-15-16(12,13)14/h2-3,11H,4H2,1H3,(H2,12,13,14)/i3D,4D2. The van der Waals surface area contributed by atoms with Crippen molar-refractivity contribution in [3.05, 3.63) is 23.0 Å². The van der Waals surface area contributed by atoms with Gasteiger partial charge in [0, 0.05) is 11.8 Å². The molecule has 1 aromatic rings. The first-order valence-corrected chi connectivity index (χ1v) is 5.45. The number of aryl methyl sites for hydroxylation is 1. The van der Waals surface area contributed by atoms with Crippen LogP contribution in [0.4, 0.5) is 0 Å². The minimum atomic E-state index is -5.19. The Kier molecular flexibility index (Phi) is 2.60. The van der Waals surface area contributed by atoms with Gasteiger partial charge in [-0.3, -0.25) is 14.3 Å². The van der Waals surface area contributed by atoms with Crippen LogP contribution in [0.25, 0.3) is 0 Å². The van der Waals surface area contributed by atoms with Gasteiger partial charge >= 0.3 is 7.82 Å². The molecule has 0 atom stereocenters. The van der Waals surface area contributed by atoms with E-state index in [1.54, 1.807) is 0 Å². The fourth-order valence-corrected chi connectivity index (χ4v) is 1.10.